The molecule has 2 rings (SSSR count). The van der Waals surface area contributed by atoms with E-state index in [-0.39, 0.29) is 11.7 Å². The first-order valence-corrected chi connectivity index (χ1v) is 6.40. The van der Waals surface area contributed by atoms with Gasteiger partial charge in [-0.1, -0.05) is 12.5 Å². The number of hydrogen-bond donors (Lipinski definition) is 2. The van der Waals surface area contributed by atoms with Gasteiger partial charge in [-0.15, -0.1) is 0 Å². The maximum Gasteiger partial charge on any atom is 0.225 e. The monoisotopic (exact) mass is 251 g/mol. The molecule has 0 radical (unpaired) electrons. The lowest BCUT2D eigenvalue weighted by Gasteiger charge is -2.22. The van der Waals surface area contributed by atoms with Crippen LogP contribution in [0.4, 0.5) is 10.2 Å². The Morgan fingerprint density at radius 1 is 1.50 bits per heavy atom. The molecule has 1 fully saturated rings. The number of piperidine rings is 1. The van der Waals surface area contributed by atoms with Gasteiger partial charge in [-0.05, 0) is 37.9 Å². The molecule has 1 atom stereocenters. The maximum atomic E-state index is 12.8. The topological polar surface area (TPSA) is 54.0 Å². The second-order valence-electron chi connectivity index (χ2n) is 4.58. The van der Waals surface area contributed by atoms with Crippen LogP contribution >= 0.6 is 0 Å². The van der Waals surface area contributed by atoms with Crippen molar-refractivity contribution in [2.75, 3.05) is 11.9 Å². The molecular weight excluding hydrogens is 233 g/mol. The lowest BCUT2D eigenvalue weighted by molar-refractivity contribution is -0.116. The van der Waals surface area contributed by atoms with Gasteiger partial charge in [0, 0.05) is 12.5 Å². The van der Waals surface area contributed by atoms with E-state index in [1.165, 1.54) is 25.0 Å². The minimum atomic E-state index is -0.582. The summed E-state index contributed by atoms with van der Waals surface area (Å²) in [5, 5.41) is 6.00. The molecule has 0 spiro atoms. The third kappa shape index (κ3) is 4.07. The molecule has 1 unspecified atom stereocenters. The second-order valence-corrected chi connectivity index (χ2v) is 4.58. The number of carbonyl (C=O) groups excluding carboxylic acids is 1. The first-order chi connectivity index (χ1) is 8.74. The van der Waals surface area contributed by atoms with E-state index < -0.39 is 5.95 Å². The number of halogens is 1. The average Bonchev–Trinajstić information content (AvgIpc) is 2.38. The molecule has 18 heavy (non-hydrogen) atoms. The normalized spacial score (nSPS) is 19.5. The van der Waals surface area contributed by atoms with Crippen LogP contribution in [0.2, 0.25) is 0 Å². The third-order valence-corrected chi connectivity index (χ3v) is 3.11. The lowest BCUT2D eigenvalue weighted by atomic mass is 10.0. The fourth-order valence-electron chi connectivity index (χ4n) is 2.16. The summed E-state index contributed by atoms with van der Waals surface area (Å²) in [5.41, 5.74) is 0. The Balaban J connectivity index is 1.74. The minimum absolute atomic E-state index is 0.111. The molecular formula is C13H18FN3O. The summed E-state index contributed by atoms with van der Waals surface area (Å²) in [6.45, 7) is 1.04. The highest BCUT2D eigenvalue weighted by atomic mass is 19.1. The van der Waals surface area contributed by atoms with E-state index in [0.717, 1.165) is 19.4 Å². The highest BCUT2D eigenvalue weighted by Crippen LogP contribution is 2.12. The number of carbonyl (C=O) groups is 1. The van der Waals surface area contributed by atoms with E-state index in [2.05, 4.69) is 15.6 Å². The first-order valence-electron chi connectivity index (χ1n) is 6.40. The van der Waals surface area contributed by atoms with Gasteiger partial charge in [0.05, 0.1) is 0 Å². The van der Waals surface area contributed by atoms with Crippen LogP contribution in [0, 0.1) is 5.95 Å². The van der Waals surface area contributed by atoms with Crippen molar-refractivity contribution in [2.45, 2.75) is 38.1 Å². The van der Waals surface area contributed by atoms with Gasteiger partial charge in [-0.25, -0.2) is 4.98 Å². The summed E-state index contributed by atoms with van der Waals surface area (Å²) >= 11 is 0. The van der Waals surface area contributed by atoms with E-state index >= 15 is 0 Å². The summed E-state index contributed by atoms with van der Waals surface area (Å²) in [7, 11) is 0. The molecule has 98 valence electrons. The van der Waals surface area contributed by atoms with Crippen molar-refractivity contribution in [2.24, 2.45) is 0 Å². The standard InChI is InChI=1S/C13H18FN3O/c14-11-5-3-6-12(16-11)17-13(18)8-7-10-4-1-2-9-15-10/h3,5-6,10,15H,1-2,4,7-9H2,(H,16,17,18). The number of anilines is 1. The fraction of sp³-hybridized carbons (Fsp3) is 0.538. The summed E-state index contributed by atoms with van der Waals surface area (Å²) in [4.78, 5) is 15.3. The zero-order valence-corrected chi connectivity index (χ0v) is 10.3. The molecule has 2 N–H and O–H groups in total. The zero-order chi connectivity index (χ0) is 12.8. The number of hydrogen-bond acceptors (Lipinski definition) is 3. The molecule has 5 heteroatoms. The summed E-state index contributed by atoms with van der Waals surface area (Å²) in [6.07, 6.45) is 4.84. The third-order valence-electron chi connectivity index (χ3n) is 3.11. The molecule has 1 amide bonds. The van der Waals surface area contributed by atoms with E-state index in [4.69, 9.17) is 0 Å². The van der Waals surface area contributed by atoms with Gasteiger partial charge in [-0.2, -0.15) is 4.39 Å². The van der Waals surface area contributed by atoms with Crippen molar-refractivity contribution >= 4 is 11.7 Å². The predicted molar refractivity (Wildman–Crippen MR) is 67.7 cm³/mol. The van der Waals surface area contributed by atoms with Crippen LogP contribution in [0.1, 0.15) is 32.1 Å². The molecule has 1 aliphatic heterocycles. The highest BCUT2D eigenvalue weighted by molar-refractivity contribution is 5.89. The number of amides is 1. The average molecular weight is 251 g/mol. The Bertz CT molecular complexity index is 405. The van der Waals surface area contributed by atoms with Gasteiger partial charge in [0.2, 0.25) is 11.9 Å². The smallest absolute Gasteiger partial charge is 0.225 e. The highest BCUT2D eigenvalue weighted by Gasteiger charge is 2.14. The largest absolute Gasteiger partial charge is 0.314 e. The van der Waals surface area contributed by atoms with Crippen molar-refractivity contribution in [3.63, 3.8) is 0 Å². The van der Waals surface area contributed by atoms with Gasteiger partial charge in [0.15, 0.2) is 0 Å². The second kappa shape index (κ2) is 6.44. The zero-order valence-electron chi connectivity index (χ0n) is 10.3. The molecule has 1 saturated heterocycles. The molecule has 1 aromatic heterocycles. The van der Waals surface area contributed by atoms with Gasteiger partial charge in [0.25, 0.3) is 0 Å². The lowest BCUT2D eigenvalue weighted by Crippen LogP contribution is -2.34. The Morgan fingerprint density at radius 2 is 2.39 bits per heavy atom. The van der Waals surface area contributed by atoms with Crippen LogP contribution in [0.5, 0.6) is 0 Å². The van der Waals surface area contributed by atoms with Gasteiger partial charge in [-0.3, -0.25) is 4.79 Å². The summed E-state index contributed by atoms with van der Waals surface area (Å²) < 4.78 is 12.8. The molecule has 0 aromatic carbocycles. The van der Waals surface area contributed by atoms with Gasteiger partial charge in [0.1, 0.15) is 5.82 Å². The van der Waals surface area contributed by atoms with E-state index in [1.807, 2.05) is 0 Å². The van der Waals surface area contributed by atoms with Gasteiger partial charge >= 0.3 is 0 Å². The Labute approximate surface area is 106 Å². The van der Waals surface area contributed by atoms with Crippen molar-refractivity contribution in [3.8, 4) is 0 Å². The van der Waals surface area contributed by atoms with Crippen molar-refractivity contribution < 1.29 is 9.18 Å². The number of rotatable bonds is 4. The van der Waals surface area contributed by atoms with Crippen LogP contribution in [-0.4, -0.2) is 23.5 Å². The van der Waals surface area contributed by atoms with Crippen LogP contribution < -0.4 is 10.6 Å². The van der Waals surface area contributed by atoms with Gasteiger partial charge < -0.3 is 10.6 Å². The Kier molecular flexibility index (Phi) is 4.64. The van der Waals surface area contributed by atoms with E-state index in [9.17, 15) is 9.18 Å². The Hall–Kier alpha value is -1.49. The van der Waals surface area contributed by atoms with Crippen LogP contribution in [0.3, 0.4) is 0 Å². The van der Waals surface area contributed by atoms with E-state index in [1.54, 1.807) is 6.07 Å². The number of pyridine rings is 1. The molecule has 4 nitrogen and oxygen atoms in total. The number of nitrogens with zero attached hydrogens (tertiary/aromatic N) is 1. The number of aromatic nitrogens is 1. The SMILES string of the molecule is O=C(CCC1CCCCN1)Nc1cccc(F)n1. The molecule has 0 saturated carbocycles. The molecule has 2 heterocycles. The number of nitrogens with one attached hydrogen (secondary N) is 2. The predicted octanol–water partition coefficient (Wildman–Crippen LogP) is 2.08. The van der Waals surface area contributed by atoms with Crippen LogP contribution in [0.25, 0.3) is 0 Å². The minimum Gasteiger partial charge on any atom is -0.314 e. The Morgan fingerprint density at radius 3 is 3.11 bits per heavy atom. The molecule has 0 aliphatic carbocycles. The molecule has 1 aromatic rings. The first kappa shape index (κ1) is 13.0. The van der Waals surface area contributed by atoms with Crippen molar-refractivity contribution in [3.05, 3.63) is 24.1 Å². The summed E-state index contributed by atoms with van der Waals surface area (Å²) in [6, 6.07) is 4.80. The summed E-state index contributed by atoms with van der Waals surface area (Å²) in [5.74, 6) is -0.418. The quantitative estimate of drug-likeness (QED) is 0.806. The van der Waals surface area contributed by atoms with Crippen LogP contribution in [-0.2, 0) is 4.79 Å². The van der Waals surface area contributed by atoms with Crippen LogP contribution in [0.15, 0.2) is 18.2 Å². The molecule has 1 aliphatic rings. The van der Waals surface area contributed by atoms with Crippen molar-refractivity contribution in [1.82, 2.24) is 10.3 Å². The maximum absolute atomic E-state index is 12.8. The molecule has 0 bridgehead atoms. The van der Waals surface area contributed by atoms with Crippen molar-refractivity contribution in [1.29, 1.82) is 0 Å². The van der Waals surface area contributed by atoms with E-state index in [0.29, 0.717) is 12.5 Å². The fourth-order valence-corrected chi connectivity index (χ4v) is 2.16.